The maximum Gasteiger partial charge on any atom is 0.310 e. The molecule has 0 aliphatic rings. The number of hydrogen-bond acceptors (Lipinski definition) is 3. The van der Waals surface area contributed by atoms with Crippen molar-refractivity contribution in [2.45, 2.75) is 56.1 Å². The van der Waals surface area contributed by atoms with Crippen LogP contribution in [0.15, 0.2) is 120 Å². The van der Waals surface area contributed by atoms with E-state index in [2.05, 4.69) is 74.0 Å². The second-order valence-electron chi connectivity index (χ2n) is 11.7. The Morgan fingerprint density at radius 1 is 0.805 bits per heavy atom. The molecule has 214 valence electrons. The Morgan fingerprint density at radius 3 is 1.76 bits per heavy atom. The van der Waals surface area contributed by atoms with Gasteiger partial charge in [-0.25, -0.2) is 8.93 Å². The summed E-state index contributed by atoms with van der Waals surface area (Å²) in [6.07, 6.45) is 0.481. The van der Waals surface area contributed by atoms with Crippen LogP contribution in [0.2, 0.25) is 11.1 Å². The normalized spacial score (nSPS) is 14.2. The number of methoxy groups -OCH3 is 1. The van der Waals surface area contributed by atoms with Crippen LogP contribution in [0.3, 0.4) is 0 Å². The molecule has 0 radical (unpaired) electrons. The lowest BCUT2D eigenvalue weighted by atomic mass is 9.93. The van der Waals surface area contributed by atoms with Crippen LogP contribution in [-0.2, 0) is 26.9 Å². The number of benzene rings is 4. The number of hydrogen-bond donors (Lipinski definition) is 1. The van der Waals surface area contributed by atoms with Crippen LogP contribution in [0.25, 0.3) is 0 Å². The summed E-state index contributed by atoms with van der Waals surface area (Å²) < 4.78 is 22.8. The van der Waals surface area contributed by atoms with Gasteiger partial charge in [0.25, 0.3) is 0 Å². The molecule has 0 aromatic heterocycles. The van der Waals surface area contributed by atoms with Crippen LogP contribution < -0.4 is 15.1 Å². The summed E-state index contributed by atoms with van der Waals surface area (Å²) in [6, 6.07) is 39.4. The van der Waals surface area contributed by atoms with Gasteiger partial charge in [0.05, 0.1) is 17.9 Å². The van der Waals surface area contributed by atoms with E-state index in [1.165, 1.54) is 17.5 Å². The van der Waals surface area contributed by atoms with E-state index in [4.69, 9.17) is 4.74 Å². The SMILES string of the molecule is COC(=O)[C@H](Cc1ccccc1)[C@H](C[Si](c1ccccc1)(c1ccccc1)C(C)(C)C)N[S@@](=O)c1ccc(C)cc1. The summed E-state index contributed by atoms with van der Waals surface area (Å²) in [7, 11) is -2.72. The minimum absolute atomic E-state index is 0.131. The molecule has 0 bridgehead atoms. The van der Waals surface area contributed by atoms with Crippen LogP contribution in [0.5, 0.6) is 0 Å². The van der Waals surface area contributed by atoms with E-state index in [0.29, 0.717) is 17.4 Å². The van der Waals surface area contributed by atoms with Crippen molar-refractivity contribution in [1.29, 1.82) is 0 Å². The highest BCUT2D eigenvalue weighted by Gasteiger charge is 2.50. The van der Waals surface area contributed by atoms with Gasteiger partial charge in [-0.15, -0.1) is 0 Å². The predicted molar refractivity (Wildman–Crippen MR) is 173 cm³/mol. The van der Waals surface area contributed by atoms with Crippen molar-refractivity contribution in [2.24, 2.45) is 5.92 Å². The average Bonchev–Trinajstić information content (AvgIpc) is 2.98. The van der Waals surface area contributed by atoms with Gasteiger partial charge in [-0.1, -0.05) is 140 Å². The molecule has 41 heavy (non-hydrogen) atoms. The lowest BCUT2D eigenvalue weighted by molar-refractivity contribution is -0.146. The molecule has 4 aromatic carbocycles. The zero-order valence-electron chi connectivity index (χ0n) is 24.7. The summed E-state index contributed by atoms with van der Waals surface area (Å²) in [5.74, 6) is -0.844. The van der Waals surface area contributed by atoms with Crippen molar-refractivity contribution in [2.75, 3.05) is 7.11 Å². The maximum atomic E-state index is 13.9. The minimum atomic E-state index is -2.63. The zero-order chi connectivity index (χ0) is 29.5. The third-order valence-electron chi connectivity index (χ3n) is 8.12. The van der Waals surface area contributed by atoms with Crippen LogP contribution in [0.1, 0.15) is 31.9 Å². The van der Waals surface area contributed by atoms with Crippen molar-refractivity contribution in [3.8, 4) is 0 Å². The number of aryl methyl sites for hydroxylation is 1. The van der Waals surface area contributed by atoms with E-state index in [1.54, 1.807) is 0 Å². The van der Waals surface area contributed by atoms with Crippen LogP contribution in [0.4, 0.5) is 0 Å². The van der Waals surface area contributed by atoms with Crippen LogP contribution >= 0.6 is 0 Å². The summed E-state index contributed by atoms with van der Waals surface area (Å²) in [6.45, 7) is 8.92. The van der Waals surface area contributed by atoms with E-state index >= 15 is 0 Å². The zero-order valence-corrected chi connectivity index (χ0v) is 26.5. The first-order valence-corrected chi connectivity index (χ1v) is 17.5. The Balaban J connectivity index is 1.89. The second kappa shape index (κ2) is 13.6. The van der Waals surface area contributed by atoms with Crippen LogP contribution in [0, 0.1) is 12.8 Å². The lowest BCUT2D eigenvalue weighted by Crippen LogP contribution is -2.67. The summed E-state index contributed by atoms with van der Waals surface area (Å²) in [5.41, 5.74) is 2.14. The molecule has 3 atom stereocenters. The monoisotopic (exact) mass is 583 g/mol. The molecule has 0 unspecified atom stereocenters. The number of esters is 1. The first-order valence-electron chi connectivity index (χ1n) is 14.1. The number of carbonyl (C=O) groups is 1. The molecule has 4 rings (SSSR count). The molecule has 0 saturated heterocycles. The van der Waals surface area contributed by atoms with E-state index in [9.17, 15) is 9.00 Å². The van der Waals surface area contributed by atoms with Gasteiger partial charge in [-0.3, -0.25) is 4.79 Å². The molecule has 0 heterocycles. The number of ether oxygens (including phenoxy) is 1. The molecule has 0 fully saturated rings. The first-order chi connectivity index (χ1) is 19.7. The average molecular weight is 584 g/mol. The molecule has 0 spiro atoms. The largest absolute Gasteiger partial charge is 0.469 e. The van der Waals surface area contributed by atoms with Crippen molar-refractivity contribution in [3.63, 3.8) is 0 Å². The van der Waals surface area contributed by atoms with Gasteiger partial charge in [0.1, 0.15) is 19.1 Å². The van der Waals surface area contributed by atoms with E-state index < -0.39 is 31.0 Å². The van der Waals surface area contributed by atoms with E-state index in [-0.39, 0.29) is 11.0 Å². The first kappa shape index (κ1) is 30.6. The van der Waals surface area contributed by atoms with Crippen molar-refractivity contribution in [1.82, 2.24) is 4.72 Å². The van der Waals surface area contributed by atoms with Gasteiger partial charge < -0.3 is 4.74 Å². The highest BCUT2D eigenvalue weighted by Crippen LogP contribution is 2.41. The molecular weight excluding hydrogens is 543 g/mol. The Hall–Kier alpha value is -3.32. The molecule has 4 aromatic rings. The molecule has 0 amide bonds. The summed E-state index contributed by atoms with van der Waals surface area (Å²) >= 11 is 0. The molecule has 6 heteroatoms. The van der Waals surface area contributed by atoms with Gasteiger partial charge in [0.2, 0.25) is 0 Å². The fraction of sp³-hybridized carbons (Fsp3) is 0.286. The molecular formula is C35H41NO3SSi. The van der Waals surface area contributed by atoms with E-state index in [1.807, 2.05) is 73.7 Å². The molecule has 4 nitrogen and oxygen atoms in total. The Morgan fingerprint density at radius 2 is 1.29 bits per heavy atom. The van der Waals surface area contributed by atoms with Crippen molar-refractivity contribution < 1.29 is 13.7 Å². The van der Waals surface area contributed by atoms with Gasteiger partial charge >= 0.3 is 5.97 Å². The maximum absolute atomic E-state index is 13.9. The topological polar surface area (TPSA) is 55.4 Å². The third kappa shape index (κ3) is 7.12. The number of rotatable bonds is 11. The van der Waals surface area contributed by atoms with Gasteiger partial charge in [0.15, 0.2) is 0 Å². The quantitative estimate of drug-likeness (QED) is 0.172. The summed E-state index contributed by atoms with van der Waals surface area (Å²) in [5, 5.41) is 2.44. The highest BCUT2D eigenvalue weighted by molar-refractivity contribution is 7.83. The number of nitrogens with one attached hydrogen (secondary N) is 1. The van der Waals surface area contributed by atoms with E-state index in [0.717, 1.165) is 11.1 Å². The fourth-order valence-electron chi connectivity index (χ4n) is 5.89. The second-order valence-corrected chi connectivity index (χ2v) is 17.8. The van der Waals surface area contributed by atoms with Gasteiger partial charge in [-0.2, -0.15) is 0 Å². The molecule has 0 aliphatic heterocycles. The van der Waals surface area contributed by atoms with Crippen molar-refractivity contribution >= 4 is 35.4 Å². The predicted octanol–water partition coefficient (Wildman–Crippen LogP) is 6.07. The smallest absolute Gasteiger partial charge is 0.310 e. The Bertz CT molecular complexity index is 1380. The standard InChI is InChI=1S/C35H41NO3SSi/c1-27-21-23-29(24-22-27)40(38)36-33(32(34(37)39-5)25-28-15-9-6-10-16-28)26-41(35(2,3)4,30-17-11-7-12-18-30)31-19-13-8-14-20-31/h6-24,32-33,36H,25-26H2,1-5H3/t32-,33+,40+/m1/s1. The lowest BCUT2D eigenvalue weighted by Gasteiger charge is -2.47. The molecule has 0 saturated carbocycles. The van der Waals surface area contributed by atoms with Gasteiger partial charge in [-0.05, 0) is 42.1 Å². The molecule has 0 aliphatic carbocycles. The Kier molecular flexibility index (Phi) is 10.1. The third-order valence-corrected chi connectivity index (χ3v) is 15.6. The van der Waals surface area contributed by atoms with Crippen LogP contribution in [-0.4, -0.2) is 31.4 Å². The fourth-order valence-corrected chi connectivity index (χ4v) is 12.8. The summed E-state index contributed by atoms with van der Waals surface area (Å²) in [4.78, 5) is 14.3. The van der Waals surface area contributed by atoms with Crippen molar-refractivity contribution in [3.05, 3.63) is 126 Å². The minimum Gasteiger partial charge on any atom is -0.469 e. The Labute approximate surface area is 248 Å². The van der Waals surface area contributed by atoms with Gasteiger partial charge in [0, 0.05) is 6.04 Å². The number of carbonyl (C=O) groups excluding carboxylic acids is 1. The molecule has 1 N–H and O–H groups in total. The highest BCUT2D eigenvalue weighted by atomic mass is 32.2.